The molecule has 25 heavy (non-hydrogen) atoms. The molecule has 1 fully saturated rings. The molecule has 0 bridgehead atoms. The van der Waals surface area contributed by atoms with Crippen LogP contribution in [0.2, 0.25) is 0 Å². The first-order chi connectivity index (χ1) is 12.1. The van der Waals surface area contributed by atoms with Crippen molar-refractivity contribution < 1.29 is 9.32 Å². The van der Waals surface area contributed by atoms with Crippen LogP contribution in [0.3, 0.4) is 0 Å². The Labute approximate surface area is 144 Å². The molecule has 4 heterocycles. The summed E-state index contributed by atoms with van der Waals surface area (Å²) in [7, 11) is 0. The second kappa shape index (κ2) is 5.91. The molecule has 1 saturated heterocycles. The van der Waals surface area contributed by atoms with Gasteiger partial charge in [-0.05, 0) is 32.8 Å². The van der Waals surface area contributed by atoms with E-state index in [2.05, 4.69) is 25.2 Å². The fourth-order valence-corrected chi connectivity index (χ4v) is 3.21. The third-order valence-corrected chi connectivity index (χ3v) is 4.41. The molecule has 9 nitrogen and oxygen atoms in total. The van der Waals surface area contributed by atoms with Gasteiger partial charge >= 0.3 is 0 Å². The number of hydrogen-bond acceptors (Lipinski definition) is 7. The van der Waals surface area contributed by atoms with Gasteiger partial charge in [-0.25, -0.2) is 9.50 Å². The number of carbonyl (C=O) groups excluding carboxylic acids is 1. The van der Waals surface area contributed by atoms with Crippen molar-refractivity contribution in [3.05, 3.63) is 35.0 Å². The lowest BCUT2D eigenvalue weighted by molar-refractivity contribution is 0.0716. The summed E-state index contributed by atoms with van der Waals surface area (Å²) in [5.41, 5.74) is 1.73. The van der Waals surface area contributed by atoms with E-state index in [1.165, 1.54) is 0 Å². The van der Waals surface area contributed by atoms with Crippen molar-refractivity contribution in [1.82, 2.24) is 34.6 Å². The number of amides is 1. The fraction of sp³-hybridized carbons (Fsp3) is 0.500. The molecule has 1 amide bonds. The van der Waals surface area contributed by atoms with Crippen LogP contribution in [-0.2, 0) is 6.42 Å². The van der Waals surface area contributed by atoms with E-state index in [0.29, 0.717) is 30.5 Å². The van der Waals surface area contributed by atoms with Gasteiger partial charge in [-0.15, -0.1) is 5.10 Å². The van der Waals surface area contributed by atoms with Crippen LogP contribution in [0, 0.1) is 13.8 Å². The van der Waals surface area contributed by atoms with Gasteiger partial charge < -0.3 is 9.42 Å². The maximum Gasteiger partial charge on any atom is 0.294 e. The van der Waals surface area contributed by atoms with Gasteiger partial charge in [0.1, 0.15) is 0 Å². The molecule has 0 aromatic carbocycles. The minimum absolute atomic E-state index is 0.146. The Balaban J connectivity index is 1.66. The van der Waals surface area contributed by atoms with Gasteiger partial charge in [0.15, 0.2) is 5.82 Å². The summed E-state index contributed by atoms with van der Waals surface area (Å²) in [4.78, 5) is 27.7. The fourth-order valence-electron chi connectivity index (χ4n) is 3.21. The van der Waals surface area contributed by atoms with Gasteiger partial charge in [0, 0.05) is 24.4 Å². The molecule has 0 saturated carbocycles. The highest BCUT2D eigenvalue weighted by atomic mass is 16.5. The van der Waals surface area contributed by atoms with E-state index in [0.717, 1.165) is 24.2 Å². The van der Waals surface area contributed by atoms with E-state index in [1.807, 2.05) is 26.8 Å². The molecular weight excluding hydrogens is 322 g/mol. The van der Waals surface area contributed by atoms with Gasteiger partial charge in [-0.3, -0.25) is 4.79 Å². The molecule has 0 spiro atoms. The van der Waals surface area contributed by atoms with Crippen molar-refractivity contribution in [2.45, 2.75) is 46.1 Å². The number of aromatic nitrogens is 6. The number of nitrogens with zero attached hydrogens (tertiary/aromatic N) is 7. The number of likely N-dealkylation sites (tertiary alicyclic amines) is 1. The number of aryl methyl sites for hydroxylation is 3. The largest absolute Gasteiger partial charge is 0.339 e. The van der Waals surface area contributed by atoms with Crippen LogP contribution in [0.15, 0.2) is 10.6 Å². The number of carbonyl (C=O) groups is 1. The average molecular weight is 341 g/mol. The van der Waals surface area contributed by atoms with Crippen molar-refractivity contribution in [1.29, 1.82) is 0 Å². The molecule has 4 rings (SSSR count). The molecule has 1 atom stereocenters. The van der Waals surface area contributed by atoms with E-state index in [9.17, 15) is 4.79 Å². The minimum Gasteiger partial charge on any atom is -0.339 e. The second-order valence-corrected chi connectivity index (χ2v) is 6.24. The third kappa shape index (κ3) is 2.65. The summed E-state index contributed by atoms with van der Waals surface area (Å²) in [6.45, 7) is 6.38. The first kappa shape index (κ1) is 15.7. The maximum atomic E-state index is 12.9. The summed E-state index contributed by atoms with van der Waals surface area (Å²) in [6.07, 6.45) is 2.36. The monoisotopic (exact) mass is 341 g/mol. The SMILES string of the molecule is CCc1nc([C@H]2CCCN2C(=O)c2nc3nc(C)cc(C)n3n2)no1. The van der Waals surface area contributed by atoms with Gasteiger partial charge in [-0.1, -0.05) is 12.1 Å². The van der Waals surface area contributed by atoms with Gasteiger partial charge in [0.25, 0.3) is 11.7 Å². The van der Waals surface area contributed by atoms with Gasteiger partial charge in [0.05, 0.1) is 6.04 Å². The van der Waals surface area contributed by atoms with Crippen LogP contribution in [0.1, 0.15) is 59.5 Å². The van der Waals surface area contributed by atoms with Crippen LogP contribution in [0.25, 0.3) is 5.78 Å². The Kier molecular flexibility index (Phi) is 3.70. The molecule has 0 unspecified atom stereocenters. The van der Waals surface area contributed by atoms with Crippen LogP contribution in [0.4, 0.5) is 0 Å². The molecule has 0 aliphatic carbocycles. The highest BCUT2D eigenvalue weighted by Crippen LogP contribution is 2.31. The lowest BCUT2D eigenvalue weighted by Gasteiger charge is -2.20. The van der Waals surface area contributed by atoms with E-state index >= 15 is 0 Å². The maximum absolute atomic E-state index is 12.9. The van der Waals surface area contributed by atoms with E-state index in [1.54, 1.807) is 9.42 Å². The predicted octanol–water partition coefficient (Wildman–Crippen LogP) is 1.66. The second-order valence-electron chi connectivity index (χ2n) is 6.24. The third-order valence-electron chi connectivity index (χ3n) is 4.41. The number of hydrogen-bond donors (Lipinski definition) is 0. The molecule has 9 heteroatoms. The molecular formula is C16H19N7O2. The van der Waals surface area contributed by atoms with E-state index in [-0.39, 0.29) is 17.8 Å². The lowest BCUT2D eigenvalue weighted by Crippen LogP contribution is -2.32. The standard InChI is InChI=1S/C16H19N7O2/c1-4-12-18-13(21-25-12)11-6-5-7-22(11)15(24)14-19-16-17-9(2)8-10(3)23(16)20-14/h8,11H,4-7H2,1-3H3/t11-/m1/s1. The topological polar surface area (TPSA) is 102 Å². The molecule has 1 aliphatic rings. The Morgan fingerprint density at radius 3 is 2.92 bits per heavy atom. The van der Waals surface area contributed by atoms with E-state index < -0.39 is 0 Å². The Hall–Kier alpha value is -2.84. The van der Waals surface area contributed by atoms with Gasteiger partial charge in [-0.2, -0.15) is 9.97 Å². The van der Waals surface area contributed by atoms with Crippen LogP contribution in [-0.4, -0.2) is 47.1 Å². The summed E-state index contributed by atoms with van der Waals surface area (Å²) in [6, 6.07) is 1.71. The summed E-state index contributed by atoms with van der Waals surface area (Å²) >= 11 is 0. The quantitative estimate of drug-likeness (QED) is 0.714. The zero-order valence-corrected chi connectivity index (χ0v) is 14.4. The molecule has 0 radical (unpaired) electrons. The first-order valence-corrected chi connectivity index (χ1v) is 8.41. The highest BCUT2D eigenvalue weighted by molar-refractivity contribution is 5.91. The Morgan fingerprint density at radius 2 is 2.16 bits per heavy atom. The van der Waals surface area contributed by atoms with Gasteiger partial charge in [0.2, 0.25) is 11.7 Å². The average Bonchev–Trinajstić information content (AvgIpc) is 3.31. The Morgan fingerprint density at radius 1 is 1.32 bits per heavy atom. The Bertz CT molecular complexity index is 945. The molecule has 1 aliphatic heterocycles. The van der Waals surface area contributed by atoms with Crippen LogP contribution < -0.4 is 0 Å². The highest BCUT2D eigenvalue weighted by Gasteiger charge is 2.35. The van der Waals surface area contributed by atoms with Crippen molar-refractivity contribution in [2.24, 2.45) is 0 Å². The first-order valence-electron chi connectivity index (χ1n) is 8.41. The molecule has 0 N–H and O–H groups in total. The number of rotatable bonds is 3. The van der Waals surface area contributed by atoms with Crippen molar-refractivity contribution in [3.63, 3.8) is 0 Å². The molecule has 130 valence electrons. The minimum atomic E-state index is -0.229. The van der Waals surface area contributed by atoms with Crippen LogP contribution >= 0.6 is 0 Å². The van der Waals surface area contributed by atoms with Crippen molar-refractivity contribution in [3.8, 4) is 0 Å². The normalized spacial score (nSPS) is 17.6. The lowest BCUT2D eigenvalue weighted by atomic mass is 10.2. The molecule has 3 aromatic heterocycles. The van der Waals surface area contributed by atoms with Crippen molar-refractivity contribution in [2.75, 3.05) is 6.54 Å². The zero-order chi connectivity index (χ0) is 17.6. The molecule has 3 aromatic rings. The number of fused-ring (bicyclic) bond motifs is 1. The van der Waals surface area contributed by atoms with Crippen LogP contribution in [0.5, 0.6) is 0 Å². The summed E-state index contributed by atoms with van der Waals surface area (Å²) in [5, 5.41) is 8.36. The predicted molar refractivity (Wildman–Crippen MR) is 86.9 cm³/mol. The van der Waals surface area contributed by atoms with Crippen molar-refractivity contribution >= 4 is 11.7 Å². The summed E-state index contributed by atoms with van der Waals surface area (Å²) < 4.78 is 6.78. The summed E-state index contributed by atoms with van der Waals surface area (Å²) in [5.74, 6) is 1.48. The van der Waals surface area contributed by atoms with E-state index in [4.69, 9.17) is 4.52 Å². The zero-order valence-electron chi connectivity index (χ0n) is 14.4. The smallest absolute Gasteiger partial charge is 0.294 e.